The monoisotopic (exact) mass is 457 g/mol. The Morgan fingerprint density at radius 3 is 2.62 bits per heavy atom. The van der Waals surface area contributed by atoms with Gasteiger partial charge in [-0.15, -0.1) is 0 Å². The average molecular weight is 458 g/mol. The van der Waals surface area contributed by atoms with E-state index in [9.17, 15) is 9.18 Å². The molecule has 3 rings (SSSR count). The minimum absolute atomic E-state index is 0.211. The van der Waals surface area contributed by atoms with Gasteiger partial charge in [-0.3, -0.25) is 14.8 Å². The number of guanidine groups is 1. The van der Waals surface area contributed by atoms with E-state index in [4.69, 9.17) is 0 Å². The van der Waals surface area contributed by atoms with Crippen LogP contribution >= 0.6 is 15.9 Å². The summed E-state index contributed by atoms with van der Waals surface area (Å²) in [5.74, 6) is -0.664. The van der Waals surface area contributed by atoms with Crippen LogP contribution in [0.3, 0.4) is 0 Å². The molecule has 0 aliphatic heterocycles. The van der Waals surface area contributed by atoms with Crippen molar-refractivity contribution in [1.82, 2.24) is 15.1 Å². The zero-order valence-corrected chi connectivity index (χ0v) is 17.9. The lowest BCUT2D eigenvalue weighted by atomic mass is 10.2. The van der Waals surface area contributed by atoms with E-state index in [1.54, 1.807) is 10.7 Å². The van der Waals surface area contributed by atoms with E-state index in [0.29, 0.717) is 6.54 Å². The molecule has 1 heterocycles. The second-order valence-corrected chi connectivity index (χ2v) is 7.45. The van der Waals surface area contributed by atoms with Gasteiger partial charge in [0.1, 0.15) is 5.82 Å². The molecule has 0 saturated carbocycles. The largest absolute Gasteiger partial charge is 0.326 e. The van der Waals surface area contributed by atoms with Crippen molar-refractivity contribution in [2.75, 3.05) is 5.32 Å². The van der Waals surface area contributed by atoms with Crippen LogP contribution in [0.1, 0.15) is 27.3 Å². The second kappa shape index (κ2) is 9.00. The topological polar surface area (TPSA) is 71.3 Å². The Hall–Kier alpha value is -3.00. The lowest BCUT2D eigenvalue weighted by Gasteiger charge is -2.12. The van der Waals surface area contributed by atoms with E-state index < -0.39 is 11.7 Å². The Morgan fingerprint density at radius 1 is 1.21 bits per heavy atom. The van der Waals surface area contributed by atoms with Gasteiger partial charge in [0, 0.05) is 34.0 Å². The van der Waals surface area contributed by atoms with Crippen LogP contribution in [0.25, 0.3) is 0 Å². The van der Waals surface area contributed by atoms with Crippen LogP contribution in [-0.4, -0.2) is 21.6 Å². The normalized spacial score (nSPS) is 11.4. The summed E-state index contributed by atoms with van der Waals surface area (Å²) < 4.78 is 16.2. The second-order valence-electron chi connectivity index (χ2n) is 6.54. The number of hydrogen-bond donors (Lipinski definition) is 2. The maximum Gasteiger partial charge on any atom is 0.258 e. The van der Waals surface area contributed by atoms with Gasteiger partial charge in [0.25, 0.3) is 5.91 Å². The molecular formula is C21H21BrFN5O. The van der Waals surface area contributed by atoms with Crippen LogP contribution in [-0.2, 0) is 13.6 Å². The third kappa shape index (κ3) is 5.29. The van der Waals surface area contributed by atoms with Gasteiger partial charge in [-0.2, -0.15) is 5.10 Å². The first kappa shape index (κ1) is 20.7. The fourth-order valence-corrected chi connectivity index (χ4v) is 3.23. The van der Waals surface area contributed by atoms with Gasteiger partial charge < -0.3 is 5.32 Å². The van der Waals surface area contributed by atoms with Gasteiger partial charge in [-0.1, -0.05) is 28.1 Å². The number of hydrogen-bond acceptors (Lipinski definition) is 3. The van der Waals surface area contributed by atoms with Crippen molar-refractivity contribution in [2.45, 2.75) is 20.4 Å². The Morgan fingerprint density at radius 2 is 1.97 bits per heavy atom. The summed E-state index contributed by atoms with van der Waals surface area (Å²) in [5.41, 5.74) is 3.83. The van der Waals surface area contributed by atoms with Crippen LogP contribution < -0.4 is 10.6 Å². The zero-order valence-electron chi connectivity index (χ0n) is 16.3. The van der Waals surface area contributed by atoms with Crippen molar-refractivity contribution in [3.8, 4) is 0 Å². The molecule has 1 aromatic heterocycles. The first-order valence-electron chi connectivity index (χ1n) is 8.96. The molecule has 0 unspecified atom stereocenters. The van der Waals surface area contributed by atoms with Crippen molar-refractivity contribution in [1.29, 1.82) is 0 Å². The molecule has 0 aliphatic carbocycles. The highest BCUT2D eigenvalue weighted by molar-refractivity contribution is 9.10. The smallest absolute Gasteiger partial charge is 0.258 e. The summed E-state index contributed by atoms with van der Waals surface area (Å²) in [5, 5.41) is 10.2. The van der Waals surface area contributed by atoms with Crippen molar-refractivity contribution < 1.29 is 9.18 Å². The van der Waals surface area contributed by atoms with Gasteiger partial charge >= 0.3 is 0 Å². The van der Waals surface area contributed by atoms with E-state index in [1.165, 1.54) is 18.2 Å². The van der Waals surface area contributed by atoms with Crippen LogP contribution in [0, 0.1) is 19.7 Å². The number of anilines is 1. The van der Waals surface area contributed by atoms with E-state index in [2.05, 4.69) is 36.7 Å². The molecule has 2 N–H and O–H groups in total. The molecule has 0 spiro atoms. The molecule has 0 saturated heterocycles. The third-order valence-electron chi connectivity index (χ3n) is 4.46. The van der Waals surface area contributed by atoms with Crippen LogP contribution in [0.2, 0.25) is 0 Å². The van der Waals surface area contributed by atoms with E-state index >= 15 is 0 Å². The summed E-state index contributed by atoms with van der Waals surface area (Å²) in [4.78, 5) is 17.1. The standard InChI is InChI=1S/C21H21BrFN5O/c1-13-19(14(2)28(3)27-13)12-24-21(25-18-9-5-7-16(22)11-18)26-20(29)15-6-4-8-17(23)10-15/h4-11H,12H2,1-3H3,(H2,24,25,26,29). The summed E-state index contributed by atoms with van der Waals surface area (Å²) in [6.07, 6.45) is 0. The average Bonchev–Trinajstić information content (AvgIpc) is 2.91. The van der Waals surface area contributed by atoms with Crippen molar-refractivity contribution >= 4 is 33.5 Å². The molecule has 1 amide bonds. The number of amides is 1. The number of halogens is 2. The van der Waals surface area contributed by atoms with Gasteiger partial charge in [-0.05, 0) is 50.2 Å². The minimum Gasteiger partial charge on any atom is -0.326 e. The van der Waals surface area contributed by atoms with E-state index in [1.807, 2.05) is 45.2 Å². The summed E-state index contributed by atoms with van der Waals surface area (Å²) >= 11 is 3.43. The van der Waals surface area contributed by atoms with Crippen LogP contribution in [0.5, 0.6) is 0 Å². The van der Waals surface area contributed by atoms with Crippen LogP contribution in [0.15, 0.2) is 58.0 Å². The first-order chi connectivity index (χ1) is 13.8. The molecule has 6 nitrogen and oxygen atoms in total. The summed E-state index contributed by atoms with van der Waals surface area (Å²) in [6, 6.07) is 13.0. The minimum atomic E-state index is -0.474. The Bertz CT molecular complexity index is 1080. The maximum absolute atomic E-state index is 13.5. The quantitative estimate of drug-likeness (QED) is 0.452. The highest BCUT2D eigenvalue weighted by Gasteiger charge is 2.13. The third-order valence-corrected chi connectivity index (χ3v) is 4.95. The molecule has 0 aliphatic rings. The molecule has 0 atom stereocenters. The molecule has 3 aromatic rings. The zero-order chi connectivity index (χ0) is 21.0. The van der Waals surface area contributed by atoms with Crippen molar-refractivity contribution in [2.24, 2.45) is 12.0 Å². The van der Waals surface area contributed by atoms with Crippen molar-refractivity contribution in [3.05, 3.63) is 81.3 Å². The number of nitrogens with one attached hydrogen (secondary N) is 2. The van der Waals surface area contributed by atoms with Crippen molar-refractivity contribution in [3.63, 3.8) is 0 Å². The Kier molecular flexibility index (Phi) is 6.43. The Labute approximate surface area is 177 Å². The van der Waals surface area contributed by atoms with Gasteiger partial charge in [0.2, 0.25) is 5.96 Å². The lowest BCUT2D eigenvalue weighted by molar-refractivity contribution is 0.0976. The number of rotatable bonds is 4. The predicted molar refractivity (Wildman–Crippen MR) is 115 cm³/mol. The number of carbonyl (C=O) groups excluding carboxylic acids is 1. The molecule has 150 valence electrons. The summed E-state index contributed by atoms with van der Waals surface area (Å²) in [7, 11) is 1.88. The van der Waals surface area contributed by atoms with E-state index in [-0.39, 0.29) is 11.5 Å². The number of aromatic nitrogens is 2. The highest BCUT2D eigenvalue weighted by Crippen LogP contribution is 2.17. The molecule has 2 aromatic carbocycles. The van der Waals surface area contributed by atoms with Gasteiger partial charge in [0.15, 0.2) is 0 Å². The van der Waals surface area contributed by atoms with Gasteiger partial charge in [0.05, 0.1) is 12.2 Å². The predicted octanol–water partition coefficient (Wildman–Crippen LogP) is 4.34. The number of benzene rings is 2. The number of aliphatic imine (C=N–C) groups is 1. The molecule has 8 heteroatoms. The molecule has 0 bridgehead atoms. The fourth-order valence-electron chi connectivity index (χ4n) is 2.83. The highest BCUT2D eigenvalue weighted by atomic mass is 79.9. The molecular weight excluding hydrogens is 437 g/mol. The maximum atomic E-state index is 13.5. The number of carbonyl (C=O) groups is 1. The molecule has 29 heavy (non-hydrogen) atoms. The fraction of sp³-hybridized carbons (Fsp3) is 0.190. The Balaban J connectivity index is 1.87. The first-order valence-corrected chi connectivity index (χ1v) is 9.76. The summed E-state index contributed by atoms with van der Waals surface area (Å²) in [6.45, 7) is 4.23. The lowest BCUT2D eigenvalue weighted by Crippen LogP contribution is -2.36. The van der Waals surface area contributed by atoms with Gasteiger partial charge in [-0.25, -0.2) is 9.38 Å². The molecule has 0 radical (unpaired) electrons. The number of nitrogens with zero attached hydrogens (tertiary/aromatic N) is 3. The SMILES string of the molecule is Cc1nn(C)c(C)c1CN=C(NC(=O)c1cccc(F)c1)Nc1cccc(Br)c1. The number of aryl methyl sites for hydroxylation is 2. The molecule has 0 fully saturated rings. The van der Waals surface area contributed by atoms with Crippen LogP contribution in [0.4, 0.5) is 10.1 Å². The van der Waals surface area contributed by atoms with E-state index in [0.717, 1.165) is 27.1 Å².